The third-order valence-electron chi connectivity index (χ3n) is 34.0. The highest BCUT2D eigenvalue weighted by atomic mass is 14.9. The Labute approximate surface area is 765 Å². The lowest BCUT2D eigenvalue weighted by molar-refractivity contribution is -0.660. The summed E-state index contributed by atoms with van der Waals surface area (Å²) in [4.78, 5) is 0. The van der Waals surface area contributed by atoms with Crippen LogP contribution in [0.3, 0.4) is 0 Å². The third kappa shape index (κ3) is 13.4. The smallest absolute Gasteiger partial charge is 0.201 e. The van der Waals surface area contributed by atoms with Crippen molar-refractivity contribution >= 4 is 43.1 Å². The first kappa shape index (κ1) is 88.3. The minimum absolute atomic E-state index is 0.00144. The molecule has 0 saturated carbocycles. The van der Waals surface area contributed by atoms with E-state index in [2.05, 4.69) is 484 Å². The molecule has 0 amide bonds. The fourth-order valence-corrected chi connectivity index (χ4v) is 22.8. The summed E-state index contributed by atoms with van der Waals surface area (Å²) in [5.74, 6) is 0. The quantitative estimate of drug-likeness (QED) is 0.156. The Hall–Kier alpha value is -11.7. The van der Waals surface area contributed by atoms with E-state index in [0.717, 1.165) is 0 Å². The predicted molar refractivity (Wildman–Crippen MR) is 545 cm³/mol. The van der Waals surface area contributed by atoms with Gasteiger partial charge in [0.15, 0.2) is 24.8 Å². The molecule has 0 aliphatic heterocycles. The van der Waals surface area contributed by atoms with E-state index < -0.39 is 0 Å². The van der Waals surface area contributed by atoms with Gasteiger partial charge in [-0.05, 0) is 329 Å². The highest BCUT2D eigenvalue weighted by Crippen LogP contribution is 2.63. The Kier molecular flexibility index (Phi) is 21.4. The lowest BCUT2D eigenvalue weighted by atomic mass is 9.54. The number of nitrogens with zero attached hydrogens (tertiary/aromatic N) is 4. The summed E-state index contributed by atoms with van der Waals surface area (Å²) in [7, 11) is 8.68. The van der Waals surface area contributed by atoms with Gasteiger partial charge in [-0.2, -0.15) is 0 Å². The monoisotopic (exact) mass is 1680 g/mol. The van der Waals surface area contributed by atoms with E-state index >= 15 is 0 Å². The normalized spacial score (nSPS) is 16.0. The second-order valence-electron chi connectivity index (χ2n) is 43.1. The van der Waals surface area contributed by atoms with Crippen LogP contribution >= 0.6 is 0 Å². The molecule has 16 aromatic rings. The summed E-state index contributed by atoms with van der Waals surface area (Å²) in [6, 6.07) is 82.7. The van der Waals surface area contributed by atoms with Gasteiger partial charge in [0.1, 0.15) is 28.2 Å². The molecule has 0 unspecified atom stereocenters. The lowest BCUT2D eigenvalue weighted by Crippen LogP contribution is -2.44. The van der Waals surface area contributed by atoms with Gasteiger partial charge in [0.25, 0.3) is 0 Å². The number of pyridine rings is 4. The molecule has 12 aromatic carbocycles. The predicted octanol–water partition coefficient (Wildman–Crippen LogP) is 30.0. The zero-order valence-electron chi connectivity index (χ0n) is 82.9. The Morgan fingerprint density at radius 1 is 0.180 bits per heavy atom. The first-order valence-corrected chi connectivity index (χ1v) is 46.8. The lowest BCUT2D eigenvalue weighted by Gasteiger charge is -2.49. The number of benzene rings is 12. The molecule has 0 N–H and O–H groups in total. The van der Waals surface area contributed by atoms with Gasteiger partial charge in [0.2, 0.25) is 22.8 Å². The number of aromatic nitrogens is 4. The molecule has 4 heterocycles. The highest BCUT2D eigenvalue weighted by Gasteiger charge is 2.52. The van der Waals surface area contributed by atoms with Crippen LogP contribution in [0.4, 0.5) is 0 Å². The van der Waals surface area contributed by atoms with Crippen LogP contribution in [0.5, 0.6) is 0 Å². The SMILES string of the molecule is Cc1cc(-c2c(C)ccc3c2-c2cc4ccccc4cc2C(C)(C)C3(C)C)[n+](C)cc1C.Cc1cc(-c2c(C)ccc3c2-c2ccc4ccccc4c2C(C)(C)C3(C)C)[n+](C)cc1C.Cc1cc(-c2ccc3c(c2C)-c2cc4ccccc4cc2C(C)(C)C3(C)C)[n+](C)cc1C.Cc1cc(-c2ccc3c(c2C)-c2ccc4ccccc4c2C(C)(C)C3(C)C)[n+](C)cc1C. The molecule has 648 valence electrons. The Bertz CT molecular complexity index is 7130. The van der Waals surface area contributed by atoms with Crippen molar-refractivity contribution in [2.75, 3.05) is 0 Å². The maximum absolute atomic E-state index is 2.45. The molecule has 0 bridgehead atoms. The number of hydrogen-bond acceptors (Lipinski definition) is 0. The van der Waals surface area contributed by atoms with Gasteiger partial charge in [-0.1, -0.05) is 269 Å². The maximum Gasteiger partial charge on any atom is 0.213 e. The van der Waals surface area contributed by atoms with Gasteiger partial charge in [0.05, 0.1) is 11.1 Å². The average molecular weight is 1680 g/mol. The van der Waals surface area contributed by atoms with E-state index in [-0.39, 0.29) is 43.3 Å². The topological polar surface area (TPSA) is 15.5 Å². The zero-order chi connectivity index (χ0) is 92.0. The number of aryl methyl sites for hydroxylation is 14. The van der Waals surface area contributed by atoms with Gasteiger partial charge >= 0.3 is 0 Å². The largest absolute Gasteiger partial charge is 0.213 e. The van der Waals surface area contributed by atoms with Crippen LogP contribution in [-0.4, -0.2) is 0 Å². The number of fused-ring (bicyclic) bond motifs is 18. The second-order valence-corrected chi connectivity index (χ2v) is 43.1. The second kappa shape index (κ2) is 31.0. The molecule has 0 fully saturated rings. The standard InChI is InChI=1S/4C31H34N/c1-19-13-16-25-28(27(19)26-17-20(2)21(3)18-32(26)8)24-15-14-22-11-9-10-12-23(22)29(24)31(6,7)30(25,4)5;1-19-15-28(32(8)18-20(19)2)24-13-14-26-29(21(24)3)25-16-22-11-9-10-12-23(22)17-27(25)31(6,7)30(26,4)5;1-19-13-14-25-29(28(19)27-15-20(2)21(3)18-32(27)8)24-16-22-11-9-10-12-23(22)17-26(24)31(6,7)30(25,4)5;1-19-17-27(32(8)18-20(19)2)23-15-16-26-28(21(23)3)25-14-13-22-11-9-10-12-24(22)29(25)31(6,7)30(26,4)5/h4*9-18H,1-8H3/q4*+1. The number of rotatable bonds is 4. The van der Waals surface area contributed by atoms with Crippen molar-refractivity contribution in [1.82, 2.24) is 0 Å². The Balaban J connectivity index is 0.000000120. The van der Waals surface area contributed by atoms with Crippen molar-refractivity contribution in [3.63, 3.8) is 0 Å². The molecule has 20 rings (SSSR count). The molecule has 4 aromatic heterocycles. The van der Waals surface area contributed by atoms with Gasteiger partial charge in [-0.15, -0.1) is 0 Å². The van der Waals surface area contributed by atoms with E-state index in [9.17, 15) is 0 Å². The Morgan fingerprint density at radius 2 is 0.430 bits per heavy atom. The minimum atomic E-state index is -0.0137. The van der Waals surface area contributed by atoms with Crippen LogP contribution in [0.2, 0.25) is 0 Å². The summed E-state index contributed by atoms with van der Waals surface area (Å²) in [6.07, 6.45) is 9.03. The van der Waals surface area contributed by atoms with E-state index in [1.54, 1.807) is 0 Å². The van der Waals surface area contributed by atoms with Gasteiger partial charge in [0, 0.05) is 68.5 Å². The van der Waals surface area contributed by atoms with E-state index in [0.29, 0.717) is 0 Å². The van der Waals surface area contributed by atoms with Crippen molar-refractivity contribution in [2.24, 2.45) is 28.2 Å². The Morgan fingerprint density at radius 3 is 0.789 bits per heavy atom. The van der Waals surface area contributed by atoms with E-state index in [1.807, 2.05) is 0 Å². The minimum Gasteiger partial charge on any atom is -0.201 e. The van der Waals surface area contributed by atoms with E-state index in [1.165, 1.54) is 244 Å². The summed E-state index contributed by atoms with van der Waals surface area (Å²) in [5.41, 5.74) is 49.5. The van der Waals surface area contributed by atoms with E-state index in [4.69, 9.17) is 0 Å². The molecule has 128 heavy (non-hydrogen) atoms. The average Bonchev–Trinajstić information content (AvgIpc) is 0.713. The van der Waals surface area contributed by atoms with Gasteiger partial charge < -0.3 is 0 Å². The molecule has 4 heteroatoms. The fraction of sp³-hybridized carbons (Fsp3) is 0.323. The molecular formula is C124H136N4+4. The summed E-state index contributed by atoms with van der Waals surface area (Å²) in [5, 5.41) is 10.7. The molecule has 0 saturated heterocycles. The molecular weight excluding hydrogens is 1550 g/mol. The molecule has 0 spiro atoms. The van der Waals surface area contributed by atoms with Crippen molar-refractivity contribution in [3.8, 4) is 89.5 Å². The van der Waals surface area contributed by atoms with Crippen molar-refractivity contribution in [3.05, 3.63) is 354 Å². The molecule has 4 aliphatic carbocycles. The molecule has 4 aliphatic rings. The van der Waals surface area contributed by atoms with Crippen LogP contribution in [0.15, 0.2) is 243 Å². The molecule has 0 radical (unpaired) electrons. The third-order valence-corrected chi connectivity index (χ3v) is 34.0. The number of hydrogen-bond donors (Lipinski definition) is 0. The molecule has 0 atom stereocenters. The van der Waals surface area contributed by atoms with Crippen molar-refractivity contribution in [1.29, 1.82) is 0 Å². The fourth-order valence-electron chi connectivity index (χ4n) is 22.8. The van der Waals surface area contributed by atoms with Crippen LogP contribution in [0.25, 0.3) is 133 Å². The van der Waals surface area contributed by atoms with Gasteiger partial charge in [-0.25, -0.2) is 18.3 Å². The van der Waals surface area contributed by atoms with Crippen LogP contribution in [-0.2, 0) is 71.5 Å². The first-order valence-electron chi connectivity index (χ1n) is 46.8. The summed E-state index contributed by atoms with van der Waals surface area (Å²) in [6.45, 7) is 65.5. The zero-order valence-corrected chi connectivity index (χ0v) is 82.9. The molecule has 4 nitrogen and oxygen atoms in total. The first-order chi connectivity index (χ1) is 60.2. The van der Waals surface area contributed by atoms with Gasteiger partial charge in [-0.3, -0.25) is 0 Å². The van der Waals surface area contributed by atoms with Crippen LogP contribution in [0, 0.1) is 83.1 Å². The maximum atomic E-state index is 2.45. The summed E-state index contributed by atoms with van der Waals surface area (Å²) < 4.78 is 9.16. The van der Waals surface area contributed by atoms with Crippen molar-refractivity contribution in [2.45, 2.75) is 237 Å². The summed E-state index contributed by atoms with van der Waals surface area (Å²) >= 11 is 0. The van der Waals surface area contributed by atoms with Crippen LogP contribution < -0.4 is 18.3 Å². The van der Waals surface area contributed by atoms with Crippen LogP contribution in [0.1, 0.15) is 222 Å². The van der Waals surface area contributed by atoms with Crippen molar-refractivity contribution < 1.29 is 18.3 Å². The highest BCUT2D eigenvalue weighted by molar-refractivity contribution is 6.02.